The maximum absolute atomic E-state index is 13.3. The highest BCUT2D eigenvalue weighted by atomic mass is 32.1. The Morgan fingerprint density at radius 2 is 2.22 bits per heavy atom. The normalized spacial score (nSPS) is 10.3. The van der Waals surface area contributed by atoms with Gasteiger partial charge in [-0.2, -0.15) is 0 Å². The van der Waals surface area contributed by atoms with Gasteiger partial charge in [0.1, 0.15) is 11.6 Å². The van der Waals surface area contributed by atoms with Gasteiger partial charge in [0.25, 0.3) is 0 Å². The molecular weight excluding hydrogens is 262 g/mol. The molecule has 7 heteroatoms. The minimum absolute atomic E-state index is 0.0359. The first-order chi connectivity index (χ1) is 8.54. The van der Waals surface area contributed by atoms with Gasteiger partial charge < -0.3 is 10.4 Å². The first-order valence-electron chi connectivity index (χ1n) is 4.93. The van der Waals surface area contributed by atoms with Crippen LogP contribution in [0.5, 0.6) is 0 Å². The van der Waals surface area contributed by atoms with Crippen LogP contribution in [0.4, 0.5) is 19.6 Å². The van der Waals surface area contributed by atoms with E-state index in [-0.39, 0.29) is 12.1 Å². The van der Waals surface area contributed by atoms with E-state index in [1.165, 1.54) is 0 Å². The fraction of sp³-hybridized carbons (Fsp3) is 0.0909. The summed E-state index contributed by atoms with van der Waals surface area (Å²) >= 11 is 1.13. The van der Waals surface area contributed by atoms with E-state index in [2.05, 4.69) is 10.3 Å². The van der Waals surface area contributed by atoms with Gasteiger partial charge in [0.15, 0.2) is 5.13 Å². The highest BCUT2D eigenvalue weighted by Gasteiger charge is 2.09. The van der Waals surface area contributed by atoms with E-state index in [1.807, 2.05) is 0 Å². The summed E-state index contributed by atoms with van der Waals surface area (Å²) in [4.78, 5) is 14.4. The van der Waals surface area contributed by atoms with Gasteiger partial charge >= 0.3 is 5.97 Å². The van der Waals surface area contributed by atoms with Crippen molar-refractivity contribution in [3.63, 3.8) is 0 Å². The smallest absolute Gasteiger partial charge is 0.309 e. The van der Waals surface area contributed by atoms with Gasteiger partial charge in [-0.25, -0.2) is 13.8 Å². The number of nitrogens with zero attached hydrogens (tertiary/aromatic N) is 1. The number of hydrogen-bond donors (Lipinski definition) is 2. The number of nitrogens with one attached hydrogen (secondary N) is 1. The first kappa shape index (κ1) is 12.4. The maximum atomic E-state index is 13.3. The van der Waals surface area contributed by atoms with Crippen LogP contribution in [0.15, 0.2) is 23.6 Å². The molecule has 0 aliphatic carbocycles. The molecule has 1 aromatic carbocycles. The minimum Gasteiger partial charge on any atom is -0.481 e. The lowest BCUT2D eigenvalue weighted by molar-refractivity contribution is -0.136. The van der Waals surface area contributed by atoms with Crippen molar-refractivity contribution in [3.05, 3.63) is 40.9 Å². The Morgan fingerprint density at radius 1 is 1.44 bits per heavy atom. The lowest BCUT2D eigenvalue weighted by Crippen LogP contribution is -2.00. The maximum Gasteiger partial charge on any atom is 0.309 e. The molecule has 0 amide bonds. The van der Waals surface area contributed by atoms with E-state index in [9.17, 15) is 13.6 Å². The molecule has 0 unspecified atom stereocenters. The summed E-state index contributed by atoms with van der Waals surface area (Å²) in [6.45, 7) is 0. The number of aliphatic carboxylic acids is 1. The van der Waals surface area contributed by atoms with Crippen molar-refractivity contribution in [1.29, 1.82) is 0 Å². The summed E-state index contributed by atoms with van der Waals surface area (Å²) in [6.07, 6.45) is -0.205. The largest absolute Gasteiger partial charge is 0.481 e. The highest BCUT2D eigenvalue weighted by molar-refractivity contribution is 7.13. The van der Waals surface area contributed by atoms with E-state index in [0.29, 0.717) is 10.8 Å². The van der Waals surface area contributed by atoms with E-state index < -0.39 is 17.6 Å². The van der Waals surface area contributed by atoms with Gasteiger partial charge in [0.2, 0.25) is 0 Å². The predicted molar refractivity (Wildman–Crippen MR) is 63.1 cm³/mol. The summed E-state index contributed by atoms with van der Waals surface area (Å²) in [5, 5.41) is 13.1. The van der Waals surface area contributed by atoms with Crippen LogP contribution in [0.3, 0.4) is 0 Å². The molecule has 0 fully saturated rings. The van der Waals surface area contributed by atoms with Crippen LogP contribution < -0.4 is 5.32 Å². The second-order valence-corrected chi connectivity index (χ2v) is 4.32. The zero-order chi connectivity index (χ0) is 13.1. The first-order valence-corrected chi connectivity index (χ1v) is 5.81. The molecule has 94 valence electrons. The summed E-state index contributed by atoms with van der Waals surface area (Å²) in [7, 11) is 0. The van der Waals surface area contributed by atoms with E-state index in [0.717, 1.165) is 29.5 Å². The lowest BCUT2D eigenvalue weighted by Gasteiger charge is -2.03. The highest BCUT2D eigenvalue weighted by Crippen LogP contribution is 2.23. The van der Waals surface area contributed by atoms with Crippen molar-refractivity contribution in [2.45, 2.75) is 6.42 Å². The van der Waals surface area contributed by atoms with Crippen molar-refractivity contribution in [2.75, 3.05) is 5.32 Å². The van der Waals surface area contributed by atoms with E-state index in [1.54, 1.807) is 5.38 Å². The van der Waals surface area contributed by atoms with Crippen LogP contribution in [0, 0.1) is 11.6 Å². The van der Waals surface area contributed by atoms with Gasteiger partial charge in [0, 0.05) is 11.4 Å². The number of aromatic nitrogens is 1. The quantitative estimate of drug-likeness (QED) is 0.896. The average Bonchev–Trinajstić information content (AvgIpc) is 2.70. The van der Waals surface area contributed by atoms with E-state index >= 15 is 0 Å². The molecule has 1 heterocycles. The van der Waals surface area contributed by atoms with Gasteiger partial charge in [-0.3, -0.25) is 4.79 Å². The number of hydrogen-bond acceptors (Lipinski definition) is 4. The zero-order valence-electron chi connectivity index (χ0n) is 8.98. The van der Waals surface area contributed by atoms with Gasteiger partial charge in [0.05, 0.1) is 17.8 Å². The fourth-order valence-corrected chi connectivity index (χ4v) is 2.03. The molecule has 0 aliphatic heterocycles. The Morgan fingerprint density at radius 3 is 2.94 bits per heavy atom. The molecule has 0 atom stereocenters. The Hall–Kier alpha value is -2.02. The van der Waals surface area contributed by atoms with Crippen LogP contribution in [0.1, 0.15) is 5.69 Å². The zero-order valence-corrected chi connectivity index (χ0v) is 9.80. The van der Waals surface area contributed by atoms with Crippen LogP contribution in [-0.4, -0.2) is 16.1 Å². The van der Waals surface area contributed by atoms with Crippen LogP contribution >= 0.6 is 11.3 Å². The van der Waals surface area contributed by atoms with Crippen LogP contribution in [0.25, 0.3) is 0 Å². The van der Waals surface area contributed by atoms with Crippen LogP contribution in [-0.2, 0) is 11.2 Å². The summed E-state index contributed by atoms with van der Waals surface area (Å²) in [5.41, 5.74) is 0.332. The molecule has 0 bridgehead atoms. The molecule has 2 aromatic rings. The Labute approximate surface area is 105 Å². The number of rotatable bonds is 4. The molecule has 0 saturated carbocycles. The molecular formula is C11H8F2N2O2S. The number of benzene rings is 1. The number of carboxylic acids is 1. The third-order valence-corrected chi connectivity index (χ3v) is 2.86. The molecule has 0 saturated heterocycles. The van der Waals surface area contributed by atoms with E-state index in [4.69, 9.17) is 5.11 Å². The Balaban J connectivity index is 2.16. The number of thiazole rings is 1. The third kappa shape index (κ3) is 3.01. The number of carboxylic acid groups (broad SMARTS) is 1. The van der Waals surface area contributed by atoms with Gasteiger partial charge in [-0.15, -0.1) is 11.3 Å². The van der Waals surface area contributed by atoms with Crippen molar-refractivity contribution in [3.8, 4) is 0 Å². The SMILES string of the molecule is O=C(O)Cc1csc(Nc2cc(F)ccc2F)n1. The van der Waals surface area contributed by atoms with Gasteiger partial charge in [-0.05, 0) is 12.1 Å². The molecule has 1 aromatic heterocycles. The molecule has 4 nitrogen and oxygen atoms in total. The summed E-state index contributed by atoms with van der Waals surface area (Å²) in [6, 6.07) is 3.02. The summed E-state index contributed by atoms with van der Waals surface area (Å²) in [5.74, 6) is -2.17. The van der Waals surface area contributed by atoms with Crippen LogP contribution in [0.2, 0.25) is 0 Å². The monoisotopic (exact) mass is 270 g/mol. The number of halogens is 2. The minimum atomic E-state index is -0.996. The van der Waals surface area contributed by atoms with Gasteiger partial charge in [-0.1, -0.05) is 0 Å². The Kier molecular flexibility index (Phi) is 3.52. The molecule has 0 spiro atoms. The molecule has 2 N–H and O–H groups in total. The standard InChI is InChI=1S/C11H8F2N2O2S/c12-6-1-2-8(13)9(3-6)15-11-14-7(5-18-11)4-10(16)17/h1-3,5H,4H2,(H,14,15)(H,16,17). The topological polar surface area (TPSA) is 62.2 Å². The second-order valence-electron chi connectivity index (χ2n) is 3.46. The third-order valence-electron chi connectivity index (χ3n) is 2.05. The van der Waals surface area contributed by atoms with Crippen molar-refractivity contribution < 1.29 is 18.7 Å². The predicted octanol–water partition coefficient (Wildman–Crippen LogP) is 2.79. The average molecular weight is 270 g/mol. The lowest BCUT2D eigenvalue weighted by atomic mass is 10.3. The number of anilines is 2. The summed E-state index contributed by atoms with van der Waals surface area (Å²) < 4.78 is 26.3. The number of carbonyl (C=O) groups is 1. The molecule has 18 heavy (non-hydrogen) atoms. The molecule has 0 radical (unpaired) electrons. The van der Waals surface area contributed by atoms with Crippen molar-refractivity contribution >= 4 is 28.1 Å². The van der Waals surface area contributed by atoms with Crippen molar-refractivity contribution in [2.24, 2.45) is 0 Å². The fourth-order valence-electron chi connectivity index (χ4n) is 1.31. The second kappa shape index (κ2) is 5.09. The Bertz CT molecular complexity index is 586. The molecule has 0 aliphatic rings. The van der Waals surface area contributed by atoms with Crippen molar-refractivity contribution in [1.82, 2.24) is 4.98 Å². The molecule has 2 rings (SSSR count).